The summed E-state index contributed by atoms with van der Waals surface area (Å²) >= 11 is 0. The molecule has 1 aliphatic heterocycles. The van der Waals surface area contributed by atoms with Crippen molar-refractivity contribution in [2.45, 2.75) is 39.3 Å². The molecule has 1 aromatic rings. The van der Waals surface area contributed by atoms with Crippen LogP contribution in [0.3, 0.4) is 0 Å². The molecule has 0 bridgehead atoms. The van der Waals surface area contributed by atoms with Crippen LogP contribution in [0.1, 0.15) is 32.3 Å². The van der Waals surface area contributed by atoms with Gasteiger partial charge in [0, 0.05) is 37.9 Å². The maximum Gasteiger partial charge on any atom is 0.0534 e. The molecule has 1 saturated heterocycles. The van der Waals surface area contributed by atoms with Crippen LogP contribution in [0.15, 0.2) is 12.4 Å². The van der Waals surface area contributed by atoms with Gasteiger partial charge in [-0.1, -0.05) is 13.8 Å². The number of hydrogen-bond acceptors (Lipinski definition) is 3. The molecular formula is C14H26N4. The van der Waals surface area contributed by atoms with E-state index in [-0.39, 0.29) is 0 Å². The van der Waals surface area contributed by atoms with Crippen LogP contribution >= 0.6 is 0 Å². The van der Waals surface area contributed by atoms with E-state index in [2.05, 4.69) is 35.4 Å². The maximum absolute atomic E-state index is 4.25. The van der Waals surface area contributed by atoms with Gasteiger partial charge in [0.2, 0.25) is 0 Å². The Hall–Kier alpha value is -0.870. The Morgan fingerprint density at radius 1 is 1.50 bits per heavy atom. The summed E-state index contributed by atoms with van der Waals surface area (Å²) in [5, 5.41) is 7.92. The zero-order valence-corrected chi connectivity index (χ0v) is 11.9. The molecule has 1 N–H and O–H groups in total. The first-order valence-corrected chi connectivity index (χ1v) is 7.06. The highest BCUT2D eigenvalue weighted by Gasteiger charge is 2.18. The molecule has 18 heavy (non-hydrogen) atoms. The molecule has 0 amide bonds. The van der Waals surface area contributed by atoms with Gasteiger partial charge in [-0.3, -0.25) is 9.58 Å². The molecule has 1 aromatic heterocycles. The van der Waals surface area contributed by atoms with E-state index in [1.54, 1.807) is 0 Å². The van der Waals surface area contributed by atoms with E-state index in [1.807, 2.05) is 17.9 Å². The first-order chi connectivity index (χ1) is 8.63. The molecule has 2 rings (SSSR count). The number of aromatic nitrogens is 2. The van der Waals surface area contributed by atoms with Crippen molar-refractivity contribution >= 4 is 0 Å². The van der Waals surface area contributed by atoms with E-state index >= 15 is 0 Å². The minimum atomic E-state index is 0.643. The quantitative estimate of drug-likeness (QED) is 0.882. The lowest BCUT2D eigenvalue weighted by Crippen LogP contribution is -2.38. The Balaban J connectivity index is 1.90. The van der Waals surface area contributed by atoms with Crippen molar-refractivity contribution in [1.29, 1.82) is 0 Å². The monoisotopic (exact) mass is 250 g/mol. The van der Waals surface area contributed by atoms with E-state index < -0.39 is 0 Å². The summed E-state index contributed by atoms with van der Waals surface area (Å²) in [6, 6.07) is 0.643. The smallest absolute Gasteiger partial charge is 0.0534 e. The van der Waals surface area contributed by atoms with Crippen LogP contribution < -0.4 is 5.32 Å². The van der Waals surface area contributed by atoms with E-state index in [4.69, 9.17) is 0 Å². The van der Waals surface area contributed by atoms with Gasteiger partial charge in [-0.05, 0) is 31.8 Å². The Morgan fingerprint density at radius 2 is 2.33 bits per heavy atom. The van der Waals surface area contributed by atoms with Crippen LogP contribution in [-0.2, 0) is 13.6 Å². The fourth-order valence-corrected chi connectivity index (χ4v) is 2.76. The van der Waals surface area contributed by atoms with Gasteiger partial charge in [0.25, 0.3) is 0 Å². The van der Waals surface area contributed by atoms with E-state index in [0.717, 1.165) is 25.6 Å². The van der Waals surface area contributed by atoms with Crippen molar-refractivity contribution in [1.82, 2.24) is 20.0 Å². The molecule has 102 valence electrons. The highest BCUT2D eigenvalue weighted by molar-refractivity contribution is 5.03. The first-order valence-electron chi connectivity index (χ1n) is 7.06. The van der Waals surface area contributed by atoms with Gasteiger partial charge < -0.3 is 5.32 Å². The molecule has 0 aromatic carbocycles. The van der Waals surface area contributed by atoms with Gasteiger partial charge >= 0.3 is 0 Å². The zero-order valence-electron chi connectivity index (χ0n) is 11.9. The predicted octanol–water partition coefficient (Wildman–Crippen LogP) is 1.63. The normalized spacial score (nSPS) is 22.3. The molecule has 1 atom stereocenters. The third kappa shape index (κ3) is 4.10. The zero-order chi connectivity index (χ0) is 13.0. The van der Waals surface area contributed by atoms with Crippen molar-refractivity contribution < 1.29 is 0 Å². The van der Waals surface area contributed by atoms with Crippen molar-refractivity contribution in [2.75, 3.05) is 19.6 Å². The minimum absolute atomic E-state index is 0.643. The van der Waals surface area contributed by atoms with Gasteiger partial charge in [0.05, 0.1) is 6.20 Å². The Kier molecular flexibility index (Phi) is 4.78. The van der Waals surface area contributed by atoms with Gasteiger partial charge in [-0.25, -0.2) is 0 Å². The topological polar surface area (TPSA) is 33.1 Å². The summed E-state index contributed by atoms with van der Waals surface area (Å²) in [6.07, 6.45) is 6.62. The summed E-state index contributed by atoms with van der Waals surface area (Å²) in [6.45, 7) is 9.14. The summed E-state index contributed by atoms with van der Waals surface area (Å²) in [7, 11) is 1.98. The van der Waals surface area contributed by atoms with Crippen LogP contribution in [0.2, 0.25) is 0 Å². The summed E-state index contributed by atoms with van der Waals surface area (Å²) < 4.78 is 1.89. The van der Waals surface area contributed by atoms with Gasteiger partial charge in [-0.15, -0.1) is 0 Å². The van der Waals surface area contributed by atoms with Crippen LogP contribution in [0, 0.1) is 5.92 Å². The maximum atomic E-state index is 4.25. The van der Waals surface area contributed by atoms with Crippen LogP contribution in [-0.4, -0.2) is 40.4 Å². The first kappa shape index (κ1) is 13.6. The van der Waals surface area contributed by atoms with Crippen molar-refractivity contribution in [3.8, 4) is 0 Å². The van der Waals surface area contributed by atoms with Gasteiger partial charge in [0.15, 0.2) is 0 Å². The number of aryl methyl sites for hydroxylation is 1. The third-order valence-corrected chi connectivity index (χ3v) is 3.48. The second-order valence-electron chi connectivity index (χ2n) is 5.89. The highest BCUT2D eigenvalue weighted by Crippen LogP contribution is 2.12. The number of nitrogens with one attached hydrogen (secondary N) is 1. The minimum Gasteiger partial charge on any atom is -0.313 e. The Labute approximate surface area is 110 Å². The molecule has 1 unspecified atom stereocenters. The lowest BCUT2D eigenvalue weighted by Gasteiger charge is -2.25. The Bertz CT molecular complexity index is 358. The Morgan fingerprint density at radius 3 is 3.00 bits per heavy atom. The van der Waals surface area contributed by atoms with Gasteiger partial charge in [0.1, 0.15) is 0 Å². The lowest BCUT2D eigenvalue weighted by atomic mass is 10.0. The van der Waals surface area contributed by atoms with Crippen LogP contribution in [0.5, 0.6) is 0 Å². The molecule has 1 fully saturated rings. The molecule has 0 spiro atoms. The number of rotatable bonds is 4. The molecule has 1 aliphatic rings. The second-order valence-corrected chi connectivity index (χ2v) is 5.89. The number of nitrogens with zero attached hydrogens (tertiary/aromatic N) is 3. The van der Waals surface area contributed by atoms with Crippen LogP contribution in [0.25, 0.3) is 0 Å². The van der Waals surface area contributed by atoms with Crippen molar-refractivity contribution in [3.63, 3.8) is 0 Å². The predicted molar refractivity (Wildman–Crippen MR) is 74.3 cm³/mol. The van der Waals surface area contributed by atoms with Crippen LogP contribution in [0.4, 0.5) is 0 Å². The van der Waals surface area contributed by atoms with Crippen molar-refractivity contribution in [3.05, 3.63) is 18.0 Å². The third-order valence-electron chi connectivity index (χ3n) is 3.48. The standard InChI is InChI=1S/C14H26N4/c1-12(2)7-14-11-18(6-4-5-15-14)10-13-8-16-17(3)9-13/h8-9,12,14-15H,4-7,10-11H2,1-3H3. The largest absolute Gasteiger partial charge is 0.313 e. The highest BCUT2D eigenvalue weighted by atomic mass is 15.2. The lowest BCUT2D eigenvalue weighted by molar-refractivity contribution is 0.247. The average molecular weight is 250 g/mol. The van der Waals surface area contributed by atoms with Crippen molar-refractivity contribution in [2.24, 2.45) is 13.0 Å². The summed E-state index contributed by atoms with van der Waals surface area (Å²) in [4.78, 5) is 2.56. The molecule has 2 heterocycles. The molecule has 4 nitrogen and oxygen atoms in total. The average Bonchev–Trinajstić information content (AvgIpc) is 2.56. The molecule has 4 heteroatoms. The van der Waals surface area contributed by atoms with Gasteiger partial charge in [-0.2, -0.15) is 5.10 Å². The SMILES string of the molecule is CC(C)CC1CN(Cc2cnn(C)c2)CCCN1. The van der Waals surface area contributed by atoms with E-state index in [1.165, 1.54) is 24.9 Å². The molecule has 0 saturated carbocycles. The fourth-order valence-electron chi connectivity index (χ4n) is 2.76. The van der Waals surface area contributed by atoms with E-state index in [9.17, 15) is 0 Å². The molecule has 0 aliphatic carbocycles. The summed E-state index contributed by atoms with van der Waals surface area (Å²) in [5.74, 6) is 0.765. The fraction of sp³-hybridized carbons (Fsp3) is 0.786. The molecule has 0 radical (unpaired) electrons. The second kappa shape index (κ2) is 6.34. The molecular weight excluding hydrogens is 224 g/mol. The van der Waals surface area contributed by atoms with E-state index in [0.29, 0.717) is 6.04 Å². The summed E-state index contributed by atoms with van der Waals surface area (Å²) in [5.41, 5.74) is 1.32. The number of hydrogen-bond donors (Lipinski definition) is 1.